The average Bonchev–Trinajstić information content (AvgIpc) is 3.08. The van der Waals surface area contributed by atoms with Crippen LogP contribution >= 0.6 is 0 Å². The fourth-order valence-corrected chi connectivity index (χ4v) is 1.92. The van der Waals surface area contributed by atoms with Crippen LogP contribution < -0.4 is 5.32 Å². The molecule has 0 aromatic carbocycles. The Morgan fingerprint density at radius 3 is 3.00 bits per heavy atom. The van der Waals surface area contributed by atoms with E-state index in [0.29, 0.717) is 24.7 Å². The maximum absolute atomic E-state index is 11.4. The maximum atomic E-state index is 11.4. The van der Waals surface area contributed by atoms with E-state index in [9.17, 15) is 4.79 Å². The first-order valence-electron chi connectivity index (χ1n) is 6.88. The fourth-order valence-electron chi connectivity index (χ4n) is 1.92. The van der Waals surface area contributed by atoms with Gasteiger partial charge in [-0.3, -0.25) is 9.48 Å². The normalized spacial score (nSPS) is 10.8. The molecule has 114 valence electrons. The van der Waals surface area contributed by atoms with E-state index in [1.165, 1.54) is 0 Å². The van der Waals surface area contributed by atoms with Crippen LogP contribution in [-0.2, 0) is 17.8 Å². The molecule has 0 aliphatic carbocycles. The molecule has 0 unspecified atom stereocenters. The number of aromatic nitrogens is 4. The second-order valence-corrected chi connectivity index (χ2v) is 4.56. The molecule has 0 spiro atoms. The van der Waals surface area contributed by atoms with Crippen molar-refractivity contribution >= 4 is 5.91 Å². The van der Waals surface area contributed by atoms with Crippen LogP contribution in [-0.4, -0.2) is 44.1 Å². The van der Waals surface area contributed by atoms with Crippen molar-refractivity contribution in [3.8, 4) is 11.6 Å². The molecule has 2 rings (SSSR count). The van der Waals surface area contributed by atoms with Gasteiger partial charge in [0.1, 0.15) is 5.69 Å². The van der Waals surface area contributed by atoms with Crippen LogP contribution in [0.5, 0.6) is 0 Å². The van der Waals surface area contributed by atoms with Gasteiger partial charge in [-0.2, -0.15) is 5.10 Å². The summed E-state index contributed by atoms with van der Waals surface area (Å²) >= 11 is 0. The van der Waals surface area contributed by atoms with Gasteiger partial charge in [0.25, 0.3) is 5.89 Å². The summed E-state index contributed by atoms with van der Waals surface area (Å²) in [6.07, 6.45) is 0.608. The van der Waals surface area contributed by atoms with E-state index in [2.05, 4.69) is 20.6 Å². The number of aryl methyl sites for hydroxylation is 3. The summed E-state index contributed by atoms with van der Waals surface area (Å²) in [7, 11) is 0. The van der Waals surface area contributed by atoms with E-state index in [0.717, 1.165) is 11.4 Å². The van der Waals surface area contributed by atoms with E-state index in [1.54, 1.807) is 4.68 Å². The van der Waals surface area contributed by atoms with Crippen molar-refractivity contribution in [2.75, 3.05) is 13.2 Å². The summed E-state index contributed by atoms with van der Waals surface area (Å²) in [5.41, 5.74) is 1.66. The molecule has 1 amide bonds. The summed E-state index contributed by atoms with van der Waals surface area (Å²) < 4.78 is 7.36. The van der Waals surface area contributed by atoms with Crippen LogP contribution in [0.2, 0.25) is 0 Å². The topological polar surface area (TPSA) is 106 Å². The molecule has 0 atom stereocenters. The van der Waals surface area contributed by atoms with Crippen molar-refractivity contribution in [3.05, 3.63) is 17.7 Å². The highest BCUT2D eigenvalue weighted by molar-refractivity contribution is 5.75. The number of nitrogens with one attached hydrogen (secondary N) is 1. The Bertz CT molecular complexity index is 605. The molecule has 0 saturated heterocycles. The second-order valence-electron chi connectivity index (χ2n) is 4.56. The van der Waals surface area contributed by atoms with Crippen LogP contribution in [0.15, 0.2) is 10.5 Å². The Morgan fingerprint density at radius 1 is 1.48 bits per heavy atom. The molecule has 0 fully saturated rings. The maximum Gasteiger partial charge on any atom is 0.265 e. The predicted octanol–water partition coefficient (Wildman–Crippen LogP) is 0.303. The Morgan fingerprint density at radius 2 is 2.29 bits per heavy atom. The number of amides is 1. The minimum atomic E-state index is -0.154. The van der Waals surface area contributed by atoms with Crippen molar-refractivity contribution < 1.29 is 14.3 Å². The van der Waals surface area contributed by atoms with Crippen LogP contribution in [0, 0.1) is 6.92 Å². The molecule has 0 aliphatic heterocycles. The lowest BCUT2D eigenvalue weighted by Crippen LogP contribution is -2.26. The SMILES string of the molecule is CCn1nc(C)cc1-c1nnc(CCC(=O)NCCO)o1. The lowest BCUT2D eigenvalue weighted by Gasteiger charge is -2.00. The van der Waals surface area contributed by atoms with Gasteiger partial charge in [0.2, 0.25) is 11.8 Å². The molecule has 0 saturated carbocycles. The first-order chi connectivity index (χ1) is 10.1. The molecule has 8 nitrogen and oxygen atoms in total. The summed E-state index contributed by atoms with van der Waals surface area (Å²) in [5, 5.41) is 23.5. The van der Waals surface area contributed by atoms with Crippen LogP contribution in [0.1, 0.15) is 24.9 Å². The minimum absolute atomic E-state index is 0.0726. The summed E-state index contributed by atoms with van der Waals surface area (Å²) in [5.74, 6) is 0.659. The molecule has 2 N–H and O–H groups in total. The highest BCUT2D eigenvalue weighted by atomic mass is 16.4. The smallest absolute Gasteiger partial charge is 0.265 e. The van der Waals surface area contributed by atoms with Crippen molar-refractivity contribution in [2.24, 2.45) is 0 Å². The number of aliphatic hydroxyl groups is 1. The van der Waals surface area contributed by atoms with E-state index < -0.39 is 0 Å². The van der Waals surface area contributed by atoms with Crippen LogP contribution in [0.4, 0.5) is 0 Å². The Labute approximate surface area is 122 Å². The van der Waals surface area contributed by atoms with Gasteiger partial charge in [0, 0.05) is 25.9 Å². The van der Waals surface area contributed by atoms with Gasteiger partial charge in [0.05, 0.1) is 12.3 Å². The highest BCUT2D eigenvalue weighted by Crippen LogP contribution is 2.19. The van der Waals surface area contributed by atoms with Crippen molar-refractivity contribution in [2.45, 2.75) is 33.2 Å². The van der Waals surface area contributed by atoms with Gasteiger partial charge in [0.15, 0.2) is 0 Å². The molecule has 0 aliphatic rings. The van der Waals surface area contributed by atoms with E-state index in [-0.39, 0.29) is 25.5 Å². The van der Waals surface area contributed by atoms with Crippen molar-refractivity contribution in [1.29, 1.82) is 0 Å². The third-order valence-corrected chi connectivity index (χ3v) is 2.89. The number of rotatable bonds is 7. The Kier molecular flexibility index (Phi) is 5.04. The van der Waals surface area contributed by atoms with E-state index in [4.69, 9.17) is 9.52 Å². The number of carbonyl (C=O) groups is 1. The number of hydrogen-bond donors (Lipinski definition) is 2. The Hall–Kier alpha value is -2.22. The molecule has 2 aromatic heterocycles. The number of nitrogens with zero attached hydrogens (tertiary/aromatic N) is 4. The Balaban J connectivity index is 1.99. The number of carbonyl (C=O) groups excluding carboxylic acids is 1. The lowest BCUT2D eigenvalue weighted by atomic mass is 10.3. The molecule has 0 bridgehead atoms. The van der Waals surface area contributed by atoms with Crippen molar-refractivity contribution in [3.63, 3.8) is 0 Å². The third-order valence-electron chi connectivity index (χ3n) is 2.89. The minimum Gasteiger partial charge on any atom is -0.419 e. The van der Waals surface area contributed by atoms with Crippen LogP contribution in [0.3, 0.4) is 0 Å². The van der Waals surface area contributed by atoms with Gasteiger partial charge in [-0.15, -0.1) is 10.2 Å². The summed E-state index contributed by atoms with van der Waals surface area (Å²) in [6.45, 7) is 4.78. The molecule has 2 heterocycles. The third kappa shape index (κ3) is 3.88. The summed E-state index contributed by atoms with van der Waals surface area (Å²) in [6, 6.07) is 1.88. The average molecular weight is 293 g/mol. The zero-order valence-corrected chi connectivity index (χ0v) is 12.2. The van der Waals surface area contributed by atoms with Gasteiger partial charge in [-0.05, 0) is 19.9 Å². The number of hydrogen-bond acceptors (Lipinski definition) is 6. The van der Waals surface area contributed by atoms with Crippen LogP contribution in [0.25, 0.3) is 11.6 Å². The molecule has 21 heavy (non-hydrogen) atoms. The highest BCUT2D eigenvalue weighted by Gasteiger charge is 2.14. The predicted molar refractivity (Wildman–Crippen MR) is 74.3 cm³/mol. The fraction of sp³-hybridized carbons (Fsp3) is 0.538. The van der Waals surface area contributed by atoms with Gasteiger partial charge >= 0.3 is 0 Å². The first kappa shape index (κ1) is 15.2. The zero-order valence-electron chi connectivity index (χ0n) is 12.2. The second kappa shape index (κ2) is 6.98. The van der Waals surface area contributed by atoms with E-state index in [1.807, 2.05) is 19.9 Å². The molecule has 2 aromatic rings. The van der Waals surface area contributed by atoms with Crippen molar-refractivity contribution in [1.82, 2.24) is 25.3 Å². The quantitative estimate of drug-likeness (QED) is 0.760. The molecule has 8 heteroatoms. The standard InChI is InChI=1S/C13H19N5O3/c1-3-18-10(8-9(2)17-18)13-16-15-12(21-13)5-4-11(20)14-6-7-19/h8,19H,3-7H2,1-2H3,(H,14,20). The first-order valence-corrected chi connectivity index (χ1v) is 6.88. The van der Waals surface area contributed by atoms with Gasteiger partial charge in [-0.1, -0.05) is 0 Å². The van der Waals surface area contributed by atoms with E-state index >= 15 is 0 Å². The molecular weight excluding hydrogens is 274 g/mol. The van der Waals surface area contributed by atoms with Gasteiger partial charge < -0.3 is 14.8 Å². The molecular formula is C13H19N5O3. The summed E-state index contributed by atoms with van der Waals surface area (Å²) in [4.78, 5) is 11.4. The zero-order chi connectivity index (χ0) is 15.2. The monoisotopic (exact) mass is 293 g/mol. The largest absolute Gasteiger partial charge is 0.419 e. The van der Waals surface area contributed by atoms with Gasteiger partial charge in [-0.25, -0.2) is 0 Å². The lowest BCUT2D eigenvalue weighted by molar-refractivity contribution is -0.121. The molecule has 0 radical (unpaired) electrons. The number of aliphatic hydroxyl groups excluding tert-OH is 1.